The Balaban J connectivity index is 1.76. The van der Waals surface area contributed by atoms with Crippen LogP contribution in [0.2, 0.25) is 0 Å². The van der Waals surface area contributed by atoms with Crippen LogP contribution < -0.4 is 5.32 Å². The number of halogens is 1. The molecule has 0 spiro atoms. The molecule has 2 aromatic carbocycles. The number of amides is 1. The molecular formula is C19H16FN3O3S. The molecule has 138 valence electrons. The van der Waals surface area contributed by atoms with Gasteiger partial charge in [0.05, 0.1) is 10.6 Å². The van der Waals surface area contributed by atoms with Crippen LogP contribution in [0.25, 0.3) is 21.8 Å². The van der Waals surface area contributed by atoms with E-state index in [1.807, 2.05) is 5.38 Å². The van der Waals surface area contributed by atoms with Crippen LogP contribution >= 0.6 is 11.3 Å². The molecule has 0 atom stereocenters. The first kappa shape index (κ1) is 18.7. The quantitative estimate of drug-likeness (QED) is 0.509. The lowest BCUT2D eigenvalue weighted by molar-refractivity contribution is -0.384. The molecule has 0 fully saturated rings. The highest BCUT2D eigenvalue weighted by molar-refractivity contribution is 7.13. The second-order valence-corrected chi connectivity index (χ2v) is 6.74. The standard InChI is InChI=1S/C19H16FN3O3S/c1-12(24)21-9-8-13-2-3-15(10-17(13)20)18-11-27-19(22-18)14-4-6-16(7-5-14)23(25)26/h2-7,10-11H,8-9H2,1H3,(H,21,24). The highest BCUT2D eigenvalue weighted by Gasteiger charge is 2.11. The average Bonchev–Trinajstić information content (AvgIpc) is 3.13. The third-order valence-electron chi connectivity index (χ3n) is 3.95. The van der Waals surface area contributed by atoms with Gasteiger partial charge in [0.1, 0.15) is 10.8 Å². The topological polar surface area (TPSA) is 85.1 Å². The molecule has 0 aliphatic heterocycles. The number of non-ortho nitro benzene ring substituents is 1. The Labute approximate surface area is 158 Å². The summed E-state index contributed by atoms with van der Waals surface area (Å²) in [5, 5.41) is 15.9. The van der Waals surface area contributed by atoms with Gasteiger partial charge < -0.3 is 5.32 Å². The maximum absolute atomic E-state index is 14.3. The van der Waals surface area contributed by atoms with Crippen molar-refractivity contribution in [2.24, 2.45) is 0 Å². The Morgan fingerprint density at radius 1 is 1.22 bits per heavy atom. The Bertz CT molecular complexity index is 986. The van der Waals surface area contributed by atoms with Crippen LogP contribution in [-0.4, -0.2) is 22.4 Å². The number of nitrogens with zero attached hydrogens (tertiary/aromatic N) is 2. The molecule has 1 heterocycles. The number of rotatable bonds is 6. The summed E-state index contributed by atoms with van der Waals surface area (Å²) in [5.41, 5.74) is 2.61. The number of hydrogen-bond donors (Lipinski definition) is 1. The SMILES string of the molecule is CC(=O)NCCc1ccc(-c2csc(-c3ccc([N+](=O)[O-])cc3)n2)cc1F. The second-order valence-electron chi connectivity index (χ2n) is 5.88. The summed E-state index contributed by atoms with van der Waals surface area (Å²) in [4.78, 5) is 25.7. The van der Waals surface area contributed by atoms with Gasteiger partial charge in [-0.25, -0.2) is 9.37 Å². The number of carbonyl (C=O) groups excluding carboxylic acids is 1. The Kier molecular flexibility index (Phi) is 5.56. The number of hydrogen-bond acceptors (Lipinski definition) is 5. The first-order valence-electron chi connectivity index (χ1n) is 8.17. The maximum atomic E-state index is 14.3. The van der Waals surface area contributed by atoms with Gasteiger partial charge in [-0.15, -0.1) is 11.3 Å². The van der Waals surface area contributed by atoms with Gasteiger partial charge in [-0.1, -0.05) is 12.1 Å². The predicted octanol–water partition coefficient (Wildman–Crippen LogP) is 4.20. The van der Waals surface area contributed by atoms with Crippen molar-refractivity contribution in [1.82, 2.24) is 10.3 Å². The van der Waals surface area contributed by atoms with Gasteiger partial charge in [-0.3, -0.25) is 14.9 Å². The van der Waals surface area contributed by atoms with E-state index < -0.39 is 4.92 Å². The van der Waals surface area contributed by atoms with Crippen LogP contribution in [0, 0.1) is 15.9 Å². The van der Waals surface area contributed by atoms with Crippen molar-refractivity contribution in [2.75, 3.05) is 6.54 Å². The molecule has 1 aromatic heterocycles. The number of aromatic nitrogens is 1. The number of nitro benzene ring substituents is 1. The third kappa shape index (κ3) is 4.53. The number of carbonyl (C=O) groups is 1. The van der Waals surface area contributed by atoms with Crippen molar-refractivity contribution >= 4 is 22.9 Å². The van der Waals surface area contributed by atoms with Crippen LogP contribution in [0.5, 0.6) is 0 Å². The largest absolute Gasteiger partial charge is 0.356 e. The van der Waals surface area contributed by atoms with Gasteiger partial charge in [-0.05, 0) is 30.2 Å². The van der Waals surface area contributed by atoms with Crippen molar-refractivity contribution in [3.8, 4) is 21.8 Å². The molecule has 3 aromatic rings. The van der Waals surface area contributed by atoms with E-state index >= 15 is 0 Å². The Morgan fingerprint density at radius 2 is 1.93 bits per heavy atom. The second kappa shape index (κ2) is 8.05. The fraction of sp³-hybridized carbons (Fsp3) is 0.158. The number of benzene rings is 2. The van der Waals surface area contributed by atoms with Crippen LogP contribution in [0.4, 0.5) is 10.1 Å². The van der Waals surface area contributed by atoms with Gasteiger partial charge in [-0.2, -0.15) is 0 Å². The van der Waals surface area contributed by atoms with E-state index in [1.165, 1.54) is 36.5 Å². The molecule has 0 aliphatic carbocycles. The fourth-order valence-electron chi connectivity index (χ4n) is 2.55. The third-order valence-corrected chi connectivity index (χ3v) is 4.84. The highest BCUT2D eigenvalue weighted by Crippen LogP contribution is 2.30. The molecule has 0 aliphatic rings. The molecule has 1 N–H and O–H groups in total. The number of nitro groups is 1. The van der Waals surface area contributed by atoms with Crippen molar-refractivity contribution in [2.45, 2.75) is 13.3 Å². The minimum absolute atomic E-state index is 0.0208. The summed E-state index contributed by atoms with van der Waals surface area (Å²) in [6.45, 7) is 1.80. The molecule has 27 heavy (non-hydrogen) atoms. The lowest BCUT2D eigenvalue weighted by Crippen LogP contribution is -2.22. The summed E-state index contributed by atoms with van der Waals surface area (Å²) in [5.74, 6) is -0.490. The zero-order chi connectivity index (χ0) is 19.4. The number of thiazole rings is 1. The summed E-state index contributed by atoms with van der Waals surface area (Å²) in [6.07, 6.45) is 0.413. The molecule has 6 nitrogen and oxygen atoms in total. The van der Waals surface area contributed by atoms with Gasteiger partial charge in [0.25, 0.3) is 5.69 Å². The van der Waals surface area contributed by atoms with E-state index in [0.29, 0.717) is 34.8 Å². The van der Waals surface area contributed by atoms with E-state index in [2.05, 4.69) is 10.3 Å². The van der Waals surface area contributed by atoms with E-state index in [-0.39, 0.29) is 17.4 Å². The summed E-state index contributed by atoms with van der Waals surface area (Å²) >= 11 is 1.39. The molecule has 0 saturated carbocycles. The van der Waals surface area contributed by atoms with E-state index in [9.17, 15) is 19.3 Å². The zero-order valence-electron chi connectivity index (χ0n) is 14.4. The van der Waals surface area contributed by atoms with E-state index in [1.54, 1.807) is 24.3 Å². The predicted molar refractivity (Wildman–Crippen MR) is 102 cm³/mol. The first-order chi connectivity index (χ1) is 12.9. The van der Waals surface area contributed by atoms with Gasteiger partial charge in [0, 0.05) is 42.1 Å². The van der Waals surface area contributed by atoms with Crippen LogP contribution in [0.3, 0.4) is 0 Å². The summed E-state index contributed by atoms with van der Waals surface area (Å²) in [6, 6.07) is 11.1. The van der Waals surface area contributed by atoms with Crippen LogP contribution in [-0.2, 0) is 11.2 Å². The van der Waals surface area contributed by atoms with Crippen molar-refractivity contribution in [3.63, 3.8) is 0 Å². The van der Waals surface area contributed by atoms with E-state index in [0.717, 1.165) is 5.56 Å². The fourth-order valence-corrected chi connectivity index (χ4v) is 3.38. The highest BCUT2D eigenvalue weighted by atomic mass is 32.1. The smallest absolute Gasteiger partial charge is 0.269 e. The molecule has 3 rings (SSSR count). The lowest BCUT2D eigenvalue weighted by Gasteiger charge is -2.06. The average molecular weight is 385 g/mol. The normalized spacial score (nSPS) is 10.6. The monoisotopic (exact) mass is 385 g/mol. The Morgan fingerprint density at radius 3 is 2.56 bits per heavy atom. The number of nitrogens with one attached hydrogen (secondary N) is 1. The minimum Gasteiger partial charge on any atom is -0.356 e. The van der Waals surface area contributed by atoms with Crippen molar-refractivity contribution in [3.05, 3.63) is 69.3 Å². The first-order valence-corrected chi connectivity index (χ1v) is 9.05. The van der Waals surface area contributed by atoms with Crippen LogP contribution in [0.15, 0.2) is 47.8 Å². The van der Waals surface area contributed by atoms with Crippen molar-refractivity contribution < 1.29 is 14.1 Å². The van der Waals surface area contributed by atoms with E-state index in [4.69, 9.17) is 0 Å². The summed E-state index contributed by atoms with van der Waals surface area (Å²) in [7, 11) is 0. The molecule has 1 amide bonds. The lowest BCUT2D eigenvalue weighted by atomic mass is 10.1. The van der Waals surface area contributed by atoms with Gasteiger partial charge in [0.2, 0.25) is 5.91 Å². The Hall–Kier alpha value is -3.13. The minimum atomic E-state index is -0.451. The molecule has 0 radical (unpaired) electrons. The molecule has 0 unspecified atom stereocenters. The maximum Gasteiger partial charge on any atom is 0.269 e. The van der Waals surface area contributed by atoms with Crippen LogP contribution in [0.1, 0.15) is 12.5 Å². The molecule has 8 heteroatoms. The molecule has 0 bridgehead atoms. The zero-order valence-corrected chi connectivity index (χ0v) is 15.3. The molecule has 0 saturated heterocycles. The molecular weight excluding hydrogens is 369 g/mol. The van der Waals surface area contributed by atoms with Gasteiger partial charge >= 0.3 is 0 Å². The summed E-state index contributed by atoms with van der Waals surface area (Å²) < 4.78 is 14.3. The van der Waals surface area contributed by atoms with Crippen molar-refractivity contribution in [1.29, 1.82) is 0 Å². The van der Waals surface area contributed by atoms with Gasteiger partial charge in [0.15, 0.2) is 0 Å².